The lowest BCUT2D eigenvalue weighted by molar-refractivity contribution is 0.0478. The first-order chi connectivity index (χ1) is 16.1. The summed E-state index contributed by atoms with van der Waals surface area (Å²) in [5.41, 5.74) is 0. The number of nitrogens with one attached hydrogen (secondary N) is 2. The second-order valence-corrected chi connectivity index (χ2v) is 14.3. The Hall–Kier alpha value is 0.0738. The minimum atomic E-state index is -2.93. The van der Waals surface area contributed by atoms with Gasteiger partial charge in [-0.2, -0.15) is 0 Å². The first-order valence-corrected chi connectivity index (χ1v) is 17.1. The summed E-state index contributed by atoms with van der Waals surface area (Å²) in [7, 11) is -5.87. The molecule has 0 amide bonds. The van der Waals surface area contributed by atoms with Crippen molar-refractivity contribution in [1.82, 2.24) is 20.4 Å². The molecule has 0 unspecified atom stereocenters. The van der Waals surface area contributed by atoms with Crippen LogP contribution in [0.15, 0.2) is 0 Å². The molecule has 0 aromatic heterocycles. The number of hydrogen-bond donors (Lipinski definition) is 2. The smallest absolute Gasteiger partial charge is 0.374 e. The lowest BCUT2D eigenvalue weighted by atomic mass is 10.3. The highest BCUT2D eigenvalue weighted by molar-refractivity contribution is 6.75. The Kier molecular flexibility index (Phi) is 14.8. The molecule has 9 nitrogen and oxygen atoms in total. The van der Waals surface area contributed by atoms with Gasteiger partial charge in [0.2, 0.25) is 0 Å². The number of nitrogens with zero attached hydrogens (tertiary/aromatic N) is 2. The summed E-state index contributed by atoms with van der Waals surface area (Å²) in [6, 6.07) is 1.59. The van der Waals surface area contributed by atoms with Crippen molar-refractivity contribution < 1.29 is 21.8 Å². The van der Waals surface area contributed by atoms with Gasteiger partial charge < -0.3 is 42.3 Å². The lowest BCUT2D eigenvalue weighted by Gasteiger charge is -2.39. The van der Waals surface area contributed by atoms with E-state index in [9.17, 15) is 0 Å². The van der Waals surface area contributed by atoms with E-state index in [1.165, 1.54) is 0 Å². The summed E-state index contributed by atoms with van der Waals surface area (Å²) in [5.74, 6) is 0. The third-order valence-electron chi connectivity index (χ3n) is 6.10. The molecule has 33 heavy (non-hydrogen) atoms. The Morgan fingerprint density at radius 1 is 0.576 bits per heavy atom. The molecule has 11 heteroatoms. The van der Waals surface area contributed by atoms with Gasteiger partial charge in [-0.1, -0.05) is 0 Å². The van der Waals surface area contributed by atoms with E-state index >= 15 is 0 Å². The van der Waals surface area contributed by atoms with Gasteiger partial charge in [-0.3, -0.25) is 0 Å². The third-order valence-corrected chi connectivity index (χ3v) is 13.4. The first-order valence-electron chi connectivity index (χ1n) is 13.2. The van der Waals surface area contributed by atoms with E-state index in [4.69, 9.17) is 21.8 Å². The van der Waals surface area contributed by atoms with Crippen LogP contribution in [0, 0.1) is 0 Å². The maximum absolute atomic E-state index is 6.89. The van der Waals surface area contributed by atoms with Crippen LogP contribution in [-0.4, -0.2) is 119 Å². The van der Waals surface area contributed by atoms with E-state index in [0.29, 0.717) is 26.4 Å². The van der Waals surface area contributed by atoms with Crippen molar-refractivity contribution in [2.24, 2.45) is 0 Å². The van der Waals surface area contributed by atoms with Crippen LogP contribution in [0.2, 0.25) is 12.1 Å². The molecule has 2 fully saturated rings. The van der Waals surface area contributed by atoms with Gasteiger partial charge in [0.1, 0.15) is 0 Å². The molecule has 2 aliphatic heterocycles. The van der Waals surface area contributed by atoms with Crippen LogP contribution in [0.5, 0.6) is 0 Å². The second kappa shape index (κ2) is 16.7. The molecule has 0 spiro atoms. The third kappa shape index (κ3) is 10.7. The summed E-state index contributed by atoms with van der Waals surface area (Å²) < 4.78 is 32.2. The maximum atomic E-state index is 6.89. The molecule has 0 radical (unpaired) electrons. The highest BCUT2D eigenvalue weighted by Gasteiger charge is 2.53. The van der Waals surface area contributed by atoms with Crippen molar-refractivity contribution in [3.63, 3.8) is 0 Å². The zero-order chi connectivity index (χ0) is 23.8. The SMILES string of the molecule is CCO[Si](CCCN1CCNCC1)(OCC)O[Si](CCCN1CCNCC1)(OCC)OCC. The average molecular weight is 507 g/mol. The molecular formula is C22H50N4O5Si2. The van der Waals surface area contributed by atoms with Crippen molar-refractivity contribution in [2.75, 3.05) is 91.9 Å². The first kappa shape index (κ1) is 29.3. The molecule has 0 atom stereocenters. The highest BCUT2D eigenvalue weighted by atomic mass is 28.5. The number of hydrogen-bond acceptors (Lipinski definition) is 9. The van der Waals surface area contributed by atoms with Crippen LogP contribution in [0.25, 0.3) is 0 Å². The van der Waals surface area contributed by atoms with Gasteiger partial charge in [0.15, 0.2) is 0 Å². The van der Waals surface area contributed by atoms with Gasteiger partial charge in [0.25, 0.3) is 0 Å². The largest absolute Gasteiger partial charge is 0.493 e. The van der Waals surface area contributed by atoms with Crippen LogP contribution in [0.1, 0.15) is 40.5 Å². The van der Waals surface area contributed by atoms with E-state index in [1.54, 1.807) is 0 Å². The van der Waals surface area contributed by atoms with Crippen LogP contribution < -0.4 is 10.6 Å². The molecule has 0 aliphatic carbocycles. The fraction of sp³-hybridized carbons (Fsp3) is 1.00. The highest BCUT2D eigenvalue weighted by Crippen LogP contribution is 2.28. The molecule has 2 heterocycles. The Morgan fingerprint density at radius 3 is 1.21 bits per heavy atom. The van der Waals surface area contributed by atoms with Crippen molar-refractivity contribution >= 4 is 17.6 Å². The molecule has 0 aromatic rings. The summed E-state index contributed by atoms with van der Waals surface area (Å²) in [6.45, 7) is 21.1. The fourth-order valence-corrected chi connectivity index (χ4v) is 12.0. The van der Waals surface area contributed by atoms with Gasteiger partial charge >= 0.3 is 17.6 Å². The Bertz CT molecular complexity index is 443. The van der Waals surface area contributed by atoms with Crippen molar-refractivity contribution in [1.29, 1.82) is 0 Å². The van der Waals surface area contributed by atoms with E-state index in [-0.39, 0.29) is 0 Å². The number of piperazine rings is 2. The standard InChI is InChI=1S/C22H50N4O5Si2/c1-5-27-32(28-6-2,21-9-15-25-17-11-23-12-18-25)31-33(29-7-3,30-8-4)22-10-16-26-19-13-24-14-20-26/h23-24H,5-22H2,1-4H3. The van der Waals surface area contributed by atoms with E-state index in [2.05, 4.69) is 20.4 Å². The summed E-state index contributed by atoms with van der Waals surface area (Å²) in [6.07, 6.45) is 1.99. The zero-order valence-corrected chi connectivity index (χ0v) is 23.7. The summed E-state index contributed by atoms with van der Waals surface area (Å²) in [4.78, 5) is 5.02. The Morgan fingerprint density at radius 2 is 0.909 bits per heavy atom. The zero-order valence-electron chi connectivity index (χ0n) is 21.7. The predicted molar refractivity (Wildman–Crippen MR) is 137 cm³/mol. The molecule has 2 rings (SSSR count). The molecule has 0 saturated carbocycles. The van der Waals surface area contributed by atoms with Gasteiger partial charge in [-0.05, 0) is 53.6 Å². The van der Waals surface area contributed by atoms with Crippen molar-refractivity contribution in [3.8, 4) is 0 Å². The molecule has 2 aliphatic rings. The lowest BCUT2D eigenvalue weighted by Crippen LogP contribution is -2.59. The Labute approximate surface area is 204 Å². The quantitative estimate of drug-likeness (QED) is 0.270. The monoisotopic (exact) mass is 506 g/mol. The van der Waals surface area contributed by atoms with Gasteiger partial charge in [-0.25, -0.2) is 0 Å². The van der Waals surface area contributed by atoms with Gasteiger partial charge in [0.05, 0.1) is 0 Å². The minimum absolute atomic E-state index is 0.573. The van der Waals surface area contributed by atoms with Gasteiger partial charge in [0, 0.05) is 90.9 Å². The van der Waals surface area contributed by atoms with Crippen LogP contribution >= 0.6 is 0 Å². The molecule has 196 valence electrons. The fourth-order valence-electron chi connectivity index (χ4n) is 4.62. The normalized spacial score (nSPS) is 19.3. The molecule has 2 saturated heterocycles. The summed E-state index contributed by atoms with van der Waals surface area (Å²) >= 11 is 0. The second-order valence-electron chi connectivity index (χ2n) is 8.59. The molecular weight excluding hydrogens is 456 g/mol. The number of rotatable bonds is 18. The molecule has 0 bridgehead atoms. The predicted octanol–water partition coefficient (Wildman–Crippen LogP) is 1.62. The van der Waals surface area contributed by atoms with Crippen LogP contribution in [0.3, 0.4) is 0 Å². The van der Waals surface area contributed by atoms with E-state index in [1.807, 2.05) is 27.7 Å². The molecule has 2 N–H and O–H groups in total. The van der Waals surface area contributed by atoms with Crippen molar-refractivity contribution in [3.05, 3.63) is 0 Å². The van der Waals surface area contributed by atoms with Crippen molar-refractivity contribution in [2.45, 2.75) is 52.6 Å². The summed E-state index contributed by atoms with van der Waals surface area (Å²) in [5, 5.41) is 6.85. The maximum Gasteiger partial charge on any atom is 0.493 e. The minimum Gasteiger partial charge on any atom is -0.374 e. The topological polar surface area (TPSA) is 76.7 Å². The van der Waals surface area contributed by atoms with E-state index < -0.39 is 17.6 Å². The van der Waals surface area contributed by atoms with Crippen LogP contribution in [0.4, 0.5) is 0 Å². The van der Waals surface area contributed by atoms with Gasteiger partial charge in [-0.15, -0.1) is 0 Å². The average Bonchev–Trinajstić information content (AvgIpc) is 2.81. The van der Waals surface area contributed by atoms with Crippen LogP contribution in [-0.2, 0) is 21.8 Å². The molecule has 0 aromatic carbocycles. The Balaban J connectivity index is 2.05. The van der Waals surface area contributed by atoms with E-state index in [0.717, 1.165) is 90.4 Å².